The van der Waals surface area contributed by atoms with E-state index in [0.717, 1.165) is 25.7 Å². The summed E-state index contributed by atoms with van der Waals surface area (Å²) in [6.07, 6.45) is 7.43. The molecule has 0 radical (unpaired) electrons. The fourth-order valence-corrected chi connectivity index (χ4v) is 3.05. The first-order chi connectivity index (χ1) is 10.1. The number of carbonyl (C=O) groups is 2. The van der Waals surface area contributed by atoms with Crippen LogP contribution in [0.2, 0.25) is 5.02 Å². The van der Waals surface area contributed by atoms with Crippen molar-refractivity contribution in [1.82, 2.24) is 0 Å². The predicted octanol–water partition coefficient (Wildman–Crippen LogP) is 4.34. The molecule has 1 aliphatic rings. The van der Waals surface area contributed by atoms with Crippen LogP contribution in [0.4, 0.5) is 5.69 Å². The lowest BCUT2D eigenvalue weighted by molar-refractivity contribution is -0.120. The maximum Gasteiger partial charge on any atom is 0.339 e. The van der Waals surface area contributed by atoms with Crippen LogP contribution in [-0.4, -0.2) is 17.0 Å². The summed E-state index contributed by atoms with van der Waals surface area (Å²) in [5.74, 6) is -1.26. The summed E-state index contributed by atoms with van der Waals surface area (Å²) >= 11 is 5.91. The molecule has 5 heteroatoms. The number of rotatable bonds is 3. The Morgan fingerprint density at radius 3 is 2.33 bits per heavy atom. The Morgan fingerprint density at radius 2 is 1.71 bits per heavy atom. The fourth-order valence-electron chi connectivity index (χ4n) is 2.80. The van der Waals surface area contributed by atoms with Crippen LogP contribution < -0.4 is 5.32 Å². The highest BCUT2D eigenvalue weighted by molar-refractivity contribution is 6.34. The van der Waals surface area contributed by atoms with Crippen molar-refractivity contribution in [3.8, 4) is 0 Å². The van der Waals surface area contributed by atoms with E-state index in [-0.39, 0.29) is 28.1 Å². The summed E-state index contributed by atoms with van der Waals surface area (Å²) in [5.41, 5.74) is 0.237. The molecule has 1 aliphatic carbocycles. The summed E-state index contributed by atoms with van der Waals surface area (Å²) in [4.78, 5) is 23.6. The zero-order valence-corrected chi connectivity index (χ0v) is 12.7. The molecule has 2 rings (SSSR count). The monoisotopic (exact) mass is 309 g/mol. The number of amides is 1. The highest BCUT2D eigenvalue weighted by Crippen LogP contribution is 2.27. The van der Waals surface area contributed by atoms with Gasteiger partial charge in [-0.2, -0.15) is 0 Å². The maximum atomic E-state index is 12.4. The van der Waals surface area contributed by atoms with E-state index in [4.69, 9.17) is 11.6 Å². The predicted molar refractivity (Wildman–Crippen MR) is 82.9 cm³/mol. The molecule has 0 heterocycles. The molecule has 0 spiro atoms. The summed E-state index contributed by atoms with van der Waals surface area (Å²) in [5, 5.41) is 12.1. The lowest BCUT2D eigenvalue weighted by Gasteiger charge is -2.19. The lowest BCUT2D eigenvalue weighted by Crippen LogP contribution is -2.24. The number of hydrogen-bond donors (Lipinski definition) is 2. The second-order valence-corrected chi connectivity index (χ2v) is 5.91. The van der Waals surface area contributed by atoms with Crippen LogP contribution in [0.25, 0.3) is 0 Å². The van der Waals surface area contributed by atoms with E-state index in [1.54, 1.807) is 12.1 Å². The van der Waals surface area contributed by atoms with Crippen molar-refractivity contribution in [3.63, 3.8) is 0 Å². The van der Waals surface area contributed by atoms with Crippen molar-refractivity contribution in [2.75, 3.05) is 5.32 Å². The van der Waals surface area contributed by atoms with Gasteiger partial charge >= 0.3 is 5.97 Å². The van der Waals surface area contributed by atoms with Crippen molar-refractivity contribution in [2.24, 2.45) is 5.92 Å². The van der Waals surface area contributed by atoms with E-state index < -0.39 is 5.97 Å². The van der Waals surface area contributed by atoms with Gasteiger partial charge in [-0.1, -0.05) is 49.8 Å². The minimum atomic E-state index is -1.13. The molecule has 0 aromatic heterocycles. The van der Waals surface area contributed by atoms with Crippen LogP contribution >= 0.6 is 11.6 Å². The standard InChI is InChI=1S/C16H20ClNO3/c17-12-9-6-10-13(14(12)16(20)21)18-15(19)11-7-4-2-1-3-5-8-11/h6,9-11H,1-5,7-8H2,(H,18,19)(H,20,21). The van der Waals surface area contributed by atoms with Crippen molar-refractivity contribution in [2.45, 2.75) is 44.9 Å². The SMILES string of the molecule is O=C(O)c1c(Cl)cccc1NC(=O)C1CCCCCCC1. The Balaban J connectivity index is 2.11. The van der Waals surface area contributed by atoms with Crippen LogP contribution in [0.1, 0.15) is 55.3 Å². The molecule has 0 bridgehead atoms. The van der Waals surface area contributed by atoms with E-state index in [2.05, 4.69) is 5.32 Å². The van der Waals surface area contributed by atoms with Crippen LogP contribution in [0.5, 0.6) is 0 Å². The van der Waals surface area contributed by atoms with E-state index >= 15 is 0 Å². The smallest absolute Gasteiger partial charge is 0.339 e. The van der Waals surface area contributed by atoms with Gasteiger partial charge in [0.2, 0.25) is 5.91 Å². The van der Waals surface area contributed by atoms with Crippen molar-refractivity contribution in [1.29, 1.82) is 0 Å². The van der Waals surface area contributed by atoms with Gasteiger partial charge in [0, 0.05) is 5.92 Å². The van der Waals surface area contributed by atoms with Gasteiger partial charge in [-0.25, -0.2) is 4.79 Å². The molecule has 2 N–H and O–H groups in total. The molecule has 21 heavy (non-hydrogen) atoms. The fraction of sp³-hybridized carbons (Fsp3) is 0.500. The Morgan fingerprint density at radius 1 is 1.10 bits per heavy atom. The first-order valence-corrected chi connectivity index (χ1v) is 7.80. The van der Waals surface area contributed by atoms with Gasteiger partial charge in [0.25, 0.3) is 0 Å². The summed E-state index contributed by atoms with van der Waals surface area (Å²) in [6.45, 7) is 0. The van der Waals surface area contributed by atoms with Gasteiger partial charge in [-0.15, -0.1) is 0 Å². The average Bonchev–Trinajstić information content (AvgIpc) is 2.37. The lowest BCUT2D eigenvalue weighted by atomic mass is 9.90. The summed E-state index contributed by atoms with van der Waals surface area (Å²) in [7, 11) is 0. The Bertz CT molecular complexity index is 522. The van der Waals surface area contributed by atoms with Gasteiger partial charge in [0.05, 0.1) is 10.7 Å². The molecule has 1 aromatic rings. The average molecular weight is 310 g/mol. The summed E-state index contributed by atoms with van der Waals surface area (Å²) < 4.78 is 0. The topological polar surface area (TPSA) is 66.4 Å². The first-order valence-electron chi connectivity index (χ1n) is 7.42. The number of aromatic carboxylic acids is 1. The minimum absolute atomic E-state index is 0.0362. The molecule has 1 amide bonds. The van der Waals surface area contributed by atoms with Crippen LogP contribution in [0.15, 0.2) is 18.2 Å². The van der Waals surface area contributed by atoms with E-state index in [1.807, 2.05) is 0 Å². The van der Waals surface area contributed by atoms with E-state index in [9.17, 15) is 14.7 Å². The number of carboxylic acids is 1. The van der Waals surface area contributed by atoms with Gasteiger partial charge in [0.1, 0.15) is 5.56 Å². The molecule has 0 atom stereocenters. The van der Waals surface area contributed by atoms with E-state index in [0.29, 0.717) is 0 Å². The molecule has 1 fully saturated rings. The van der Waals surface area contributed by atoms with Crippen molar-refractivity contribution < 1.29 is 14.7 Å². The summed E-state index contributed by atoms with van der Waals surface area (Å²) in [6, 6.07) is 4.73. The highest BCUT2D eigenvalue weighted by atomic mass is 35.5. The third-order valence-corrected chi connectivity index (χ3v) is 4.28. The molecule has 0 aliphatic heterocycles. The number of hydrogen-bond acceptors (Lipinski definition) is 2. The molecule has 4 nitrogen and oxygen atoms in total. The Hall–Kier alpha value is -1.55. The molecular formula is C16H20ClNO3. The third kappa shape index (κ3) is 4.21. The third-order valence-electron chi connectivity index (χ3n) is 3.96. The van der Waals surface area contributed by atoms with Crippen molar-refractivity contribution >= 4 is 29.2 Å². The van der Waals surface area contributed by atoms with Crippen LogP contribution in [0.3, 0.4) is 0 Å². The number of carboxylic acid groups (broad SMARTS) is 1. The number of carbonyl (C=O) groups excluding carboxylic acids is 1. The van der Waals surface area contributed by atoms with Gasteiger partial charge in [-0.05, 0) is 25.0 Å². The molecule has 0 saturated heterocycles. The molecule has 0 unspecified atom stereocenters. The zero-order valence-electron chi connectivity index (χ0n) is 11.9. The quantitative estimate of drug-likeness (QED) is 0.873. The van der Waals surface area contributed by atoms with Gasteiger partial charge in [-0.3, -0.25) is 4.79 Å². The first kappa shape index (κ1) is 15.8. The van der Waals surface area contributed by atoms with Crippen LogP contribution in [0, 0.1) is 5.92 Å². The molecule has 114 valence electrons. The second kappa shape index (κ2) is 7.46. The van der Waals surface area contributed by atoms with Crippen molar-refractivity contribution in [3.05, 3.63) is 28.8 Å². The maximum absolute atomic E-state index is 12.4. The second-order valence-electron chi connectivity index (χ2n) is 5.50. The molecular weight excluding hydrogens is 290 g/mol. The number of nitrogens with one attached hydrogen (secondary N) is 1. The number of benzene rings is 1. The largest absolute Gasteiger partial charge is 0.478 e. The number of anilines is 1. The van der Waals surface area contributed by atoms with Gasteiger partial charge in [0.15, 0.2) is 0 Å². The normalized spacial score (nSPS) is 16.8. The zero-order chi connectivity index (χ0) is 15.2. The Kier molecular flexibility index (Phi) is 5.62. The van der Waals surface area contributed by atoms with E-state index in [1.165, 1.54) is 25.3 Å². The highest BCUT2D eigenvalue weighted by Gasteiger charge is 2.22. The number of halogens is 1. The van der Waals surface area contributed by atoms with Crippen LogP contribution in [-0.2, 0) is 4.79 Å². The van der Waals surface area contributed by atoms with Gasteiger partial charge < -0.3 is 10.4 Å². The molecule has 1 saturated carbocycles. The minimum Gasteiger partial charge on any atom is -0.478 e. The molecule has 1 aromatic carbocycles. The Labute approximate surface area is 129 Å².